The van der Waals surface area contributed by atoms with E-state index in [0.717, 1.165) is 11.6 Å². The Labute approximate surface area is 110 Å². The molecule has 0 aromatic carbocycles. The van der Waals surface area contributed by atoms with E-state index in [1.807, 2.05) is 19.1 Å². The highest BCUT2D eigenvalue weighted by Gasteiger charge is 2.24. The SMILES string of the molecule is C/C=C/CCNC(=O)c1sc(NC2CC2)nc1N. The number of thiazole rings is 1. The molecule has 0 aliphatic heterocycles. The highest BCUT2D eigenvalue weighted by atomic mass is 32.1. The molecule has 1 aliphatic rings. The molecule has 0 radical (unpaired) electrons. The van der Waals surface area contributed by atoms with Crippen LogP contribution < -0.4 is 16.4 Å². The molecule has 0 saturated heterocycles. The van der Waals surface area contributed by atoms with E-state index in [-0.39, 0.29) is 5.91 Å². The second-order valence-electron chi connectivity index (χ2n) is 4.27. The van der Waals surface area contributed by atoms with Gasteiger partial charge in [-0.2, -0.15) is 0 Å². The molecule has 5 nitrogen and oxygen atoms in total. The molecule has 1 aromatic rings. The number of nitrogen functional groups attached to an aromatic ring is 1. The van der Waals surface area contributed by atoms with Crippen LogP contribution in [0, 0.1) is 0 Å². The number of carbonyl (C=O) groups excluding carboxylic acids is 1. The van der Waals surface area contributed by atoms with Crippen molar-refractivity contribution in [3.63, 3.8) is 0 Å². The fourth-order valence-electron chi connectivity index (χ4n) is 1.47. The zero-order chi connectivity index (χ0) is 13.0. The number of rotatable bonds is 6. The lowest BCUT2D eigenvalue weighted by atomic mass is 10.3. The van der Waals surface area contributed by atoms with Crippen molar-refractivity contribution in [1.82, 2.24) is 10.3 Å². The molecule has 4 N–H and O–H groups in total. The highest BCUT2D eigenvalue weighted by molar-refractivity contribution is 7.18. The summed E-state index contributed by atoms with van der Waals surface area (Å²) in [5.74, 6) is 0.171. The molecule has 0 bridgehead atoms. The number of nitrogens with one attached hydrogen (secondary N) is 2. The number of anilines is 2. The van der Waals surface area contributed by atoms with Crippen LogP contribution in [0.2, 0.25) is 0 Å². The molecule has 0 unspecified atom stereocenters. The van der Waals surface area contributed by atoms with Crippen LogP contribution in [0.4, 0.5) is 10.9 Å². The number of hydrogen-bond acceptors (Lipinski definition) is 5. The summed E-state index contributed by atoms with van der Waals surface area (Å²) in [5.41, 5.74) is 5.75. The molecule has 1 heterocycles. The van der Waals surface area contributed by atoms with Gasteiger partial charge in [-0.1, -0.05) is 23.5 Å². The van der Waals surface area contributed by atoms with Crippen LogP contribution in [-0.2, 0) is 0 Å². The molecular weight excluding hydrogens is 248 g/mol. The minimum Gasteiger partial charge on any atom is -0.382 e. The first kappa shape index (κ1) is 12.9. The van der Waals surface area contributed by atoms with E-state index in [1.54, 1.807) is 0 Å². The molecule has 98 valence electrons. The molecule has 0 spiro atoms. The Kier molecular flexibility index (Phi) is 4.19. The van der Waals surface area contributed by atoms with Gasteiger partial charge in [-0.15, -0.1) is 0 Å². The van der Waals surface area contributed by atoms with Crippen molar-refractivity contribution >= 4 is 28.2 Å². The quantitative estimate of drug-likeness (QED) is 0.543. The first-order valence-corrected chi connectivity index (χ1v) is 6.94. The molecule has 2 rings (SSSR count). The maximum atomic E-state index is 11.9. The summed E-state index contributed by atoms with van der Waals surface area (Å²) in [6, 6.07) is 0.515. The molecule has 1 fully saturated rings. The van der Waals surface area contributed by atoms with Crippen molar-refractivity contribution in [3.05, 3.63) is 17.0 Å². The molecule has 6 heteroatoms. The summed E-state index contributed by atoms with van der Waals surface area (Å²) in [6.07, 6.45) is 7.14. The molecule has 1 aromatic heterocycles. The van der Waals surface area contributed by atoms with Crippen LogP contribution in [0.25, 0.3) is 0 Å². The minimum atomic E-state index is -0.140. The number of allylic oxidation sites excluding steroid dienone is 1. The van der Waals surface area contributed by atoms with E-state index in [2.05, 4.69) is 15.6 Å². The van der Waals surface area contributed by atoms with Crippen LogP contribution in [-0.4, -0.2) is 23.5 Å². The lowest BCUT2D eigenvalue weighted by molar-refractivity contribution is 0.0959. The average molecular weight is 266 g/mol. The van der Waals surface area contributed by atoms with Gasteiger partial charge in [-0.25, -0.2) is 4.98 Å². The summed E-state index contributed by atoms with van der Waals surface area (Å²) in [4.78, 5) is 16.5. The summed E-state index contributed by atoms with van der Waals surface area (Å²) in [7, 11) is 0. The van der Waals surface area contributed by atoms with E-state index in [9.17, 15) is 4.79 Å². The molecule has 1 amide bonds. The second kappa shape index (κ2) is 5.86. The van der Waals surface area contributed by atoms with Crippen molar-refractivity contribution in [2.45, 2.75) is 32.2 Å². The van der Waals surface area contributed by atoms with Crippen molar-refractivity contribution in [3.8, 4) is 0 Å². The van der Waals surface area contributed by atoms with E-state index < -0.39 is 0 Å². The Bertz CT molecular complexity index is 451. The van der Waals surface area contributed by atoms with Gasteiger partial charge in [0.1, 0.15) is 10.7 Å². The van der Waals surface area contributed by atoms with Crippen LogP contribution in [0.1, 0.15) is 35.9 Å². The lowest BCUT2D eigenvalue weighted by Crippen LogP contribution is -2.24. The Morgan fingerprint density at radius 3 is 3.06 bits per heavy atom. The number of nitrogens with zero attached hydrogens (tertiary/aromatic N) is 1. The van der Waals surface area contributed by atoms with Gasteiger partial charge in [0.05, 0.1) is 0 Å². The normalized spacial score (nSPS) is 14.9. The van der Waals surface area contributed by atoms with Crippen LogP contribution >= 0.6 is 11.3 Å². The van der Waals surface area contributed by atoms with E-state index >= 15 is 0 Å². The first-order chi connectivity index (χ1) is 8.70. The summed E-state index contributed by atoms with van der Waals surface area (Å²) in [6.45, 7) is 2.57. The van der Waals surface area contributed by atoms with Crippen LogP contribution in [0.5, 0.6) is 0 Å². The summed E-state index contributed by atoms with van der Waals surface area (Å²) >= 11 is 1.32. The van der Waals surface area contributed by atoms with Crippen molar-refractivity contribution in [2.75, 3.05) is 17.6 Å². The zero-order valence-electron chi connectivity index (χ0n) is 10.4. The maximum Gasteiger partial charge on any atom is 0.265 e. The van der Waals surface area contributed by atoms with E-state index in [0.29, 0.717) is 23.3 Å². The van der Waals surface area contributed by atoms with Gasteiger partial charge in [0, 0.05) is 12.6 Å². The smallest absolute Gasteiger partial charge is 0.265 e. The Morgan fingerprint density at radius 1 is 1.61 bits per heavy atom. The van der Waals surface area contributed by atoms with Gasteiger partial charge in [0.15, 0.2) is 5.13 Å². The predicted molar refractivity (Wildman–Crippen MR) is 74.9 cm³/mol. The third-order valence-electron chi connectivity index (χ3n) is 2.60. The topological polar surface area (TPSA) is 80.0 Å². The van der Waals surface area contributed by atoms with Gasteiger partial charge in [-0.3, -0.25) is 4.79 Å². The fraction of sp³-hybridized carbons (Fsp3) is 0.500. The van der Waals surface area contributed by atoms with Gasteiger partial charge in [0.25, 0.3) is 5.91 Å². The summed E-state index contributed by atoms with van der Waals surface area (Å²) in [5, 5.41) is 6.82. The number of carbonyl (C=O) groups is 1. The third-order valence-corrected chi connectivity index (χ3v) is 3.60. The largest absolute Gasteiger partial charge is 0.382 e. The fourth-order valence-corrected chi connectivity index (χ4v) is 2.35. The van der Waals surface area contributed by atoms with Crippen molar-refractivity contribution in [2.24, 2.45) is 0 Å². The standard InChI is InChI=1S/C12H18N4OS/c1-2-3-4-7-14-11(17)9-10(13)16-12(18-9)15-8-5-6-8/h2-3,8H,4-7,13H2,1H3,(H,14,17)(H,15,16)/b3-2+. The molecule has 1 saturated carbocycles. The second-order valence-corrected chi connectivity index (χ2v) is 5.26. The van der Waals surface area contributed by atoms with Gasteiger partial charge >= 0.3 is 0 Å². The average Bonchev–Trinajstić information content (AvgIpc) is 3.07. The van der Waals surface area contributed by atoms with E-state index in [4.69, 9.17) is 5.73 Å². The first-order valence-electron chi connectivity index (χ1n) is 6.13. The Hall–Kier alpha value is -1.56. The van der Waals surface area contributed by atoms with Gasteiger partial charge in [-0.05, 0) is 26.2 Å². The van der Waals surface area contributed by atoms with Crippen LogP contribution in [0.3, 0.4) is 0 Å². The van der Waals surface area contributed by atoms with Gasteiger partial charge in [0.2, 0.25) is 0 Å². The maximum absolute atomic E-state index is 11.9. The highest BCUT2D eigenvalue weighted by Crippen LogP contribution is 2.30. The van der Waals surface area contributed by atoms with Crippen molar-refractivity contribution < 1.29 is 4.79 Å². The third kappa shape index (κ3) is 3.46. The number of hydrogen-bond donors (Lipinski definition) is 3. The Balaban J connectivity index is 1.89. The number of amides is 1. The van der Waals surface area contributed by atoms with Gasteiger partial charge < -0.3 is 16.4 Å². The molecule has 18 heavy (non-hydrogen) atoms. The predicted octanol–water partition coefficient (Wildman–Crippen LogP) is 2.00. The molecular formula is C12H18N4OS. The zero-order valence-corrected chi connectivity index (χ0v) is 11.2. The van der Waals surface area contributed by atoms with Crippen molar-refractivity contribution in [1.29, 1.82) is 0 Å². The number of nitrogens with two attached hydrogens (primary N) is 1. The monoisotopic (exact) mass is 266 g/mol. The van der Waals surface area contributed by atoms with E-state index in [1.165, 1.54) is 24.2 Å². The number of aromatic nitrogens is 1. The molecule has 0 atom stereocenters. The van der Waals surface area contributed by atoms with Crippen LogP contribution in [0.15, 0.2) is 12.2 Å². The Morgan fingerprint density at radius 2 is 2.39 bits per heavy atom. The minimum absolute atomic E-state index is 0.140. The summed E-state index contributed by atoms with van der Waals surface area (Å²) < 4.78 is 0. The molecule has 1 aliphatic carbocycles. The lowest BCUT2D eigenvalue weighted by Gasteiger charge is -2.00.